The molecule has 3 amide bonds. The minimum Gasteiger partial charge on any atom is -0.493 e. The number of anilines is 2. The second kappa shape index (κ2) is 8.44. The molecule has 1 fully saturated rings. The summed E-state index contributed by atoms with van der Waals surface area (Å²) in [6, 6.07) is 12.8. The van der Waals surface area contributed by atoms with Gasteiger partial charge in [-0.3, -0.25) is 9.69 Å². The van der Waals surface area contributed by atoms with Crippen LogP contribution in [-0.2, 0) is 11.2 Å². The molecule has 2 aromatic rings. The molecule has 1 heterocycles. The third-order valence-corrected chi connectivity index (χ3v) is 4.39. The number of ether oxygens (including phenoxy) is 2. The lowest BCUT2D eigenvalue weighted by atomic mass is 10.1. The van der Waals surface area contributed by atoms with Gasteiger partial charge in [-0.15, -0.1) is 0 Å². The van der Waals surface area contributed by atoms with Gasteiger partial charge in [-0.2, -0.15) is 0 Å². The zero-order valence-corrected chi connectivity index (χ0v) is 15.5. The molecule has 3 rings (SSSR count). The number of urea groups is 1. The molecule has 0 unspecified atom stereocenters. The Labute approximate surface area is 158 Å². The Morgan fingerprint density at radius 3 is 2.67 bits per heavy atom. The van der Waals surface area contributed by atoms with E-state index in [1.165, 1.54) is 0 Å². The van der Waals surface area contributed by atoms with Gasteiger partial charge in [0, 0.05) is 30.9 Å². The lowest BCUT2D eigenvalue weighted by molar-refractivity contribution is -0.116. The predicted octanol–water partition coefficient (Wildman–Crippen LogP) is 2.80. The Kier molecular flexibility index (Phi) is 5.80. The Morgan fingerprint density at radius 1 is 1.15 bits per heavy atom. The number of methoxy groups -OCH3 is 2. The molecule has 2 aromatic carbocycles. The first-order valence-electron chi connectivity index (χ1n) is 8.77. The molecular formula is C20H23N3O4. The number of benzene rings is 2. The summed E-state index contributed by atoms with van der Waals surface area (Å²) < 4.78 is 10.5. The molecule has 1 aliphatic rings. The highest BCUT2D eigenvalue weighted by atomic mass is 16.5. The zero-order valence-electron chi connectivity index (χ0n) is 15.5. The third kappa shape index (κ3) is 4.49. The fourth-order valence-electron chi connectivity index (χ4n) is 2.99. The van der Waals surface area contributed by atoms with Crippen LogP contribution in [0, 0.1) is 0 Å². The SMILES string of the molecule is COc1ccc(CCC(=O)Nc2cccc(N3CCNC3=O)c2)cc1OC. The predicted molar refractivity (Wildman–Crippen MR) is 104 cm³/mol. The highest BCUT2D eigenvalue weighted by Crippen LogP contribution is 2.28. The molecule has 0 aromatic heterocycles. The van der Waals surface area contributed by atoms with E-state index in [0.717, 1.165) is 11.3 Å². The van der Waals surface area contributed by atoms with E-state index in [2.05, 4.69) is 10.6 Å². The lowest BCUT2D eigenvalue weighted by Gasteiger charge is -2.15. The monoisotopic (exact) mass is 369 g/mol. The number of nitrogens with zero attached hydrogens (tertiary/aromatic N) is 1. The summed E-state index contributed by atoms with van der Waals surface area (Å²) in [5, 5.41) is 5.65. The number of carbonyl (C=O) groups excluding carboxylic acids is 2. The van der Waals surface area contributed by atoms with E-state index in [9.17, 15) is 9.59 Å². The molecule has 2 N–H and O–H groups in total. The van der Waals surface area contributed by atoms with Crippen LogP contribution in [-0.4, -0.2) is 39.2 Å². The maximum atomic E-state index is 12.3. The van der Waals surface area contributed by atoms with Crippen LogP contribution in [0.15, 0.2) is 42.5 Å². The fourth-order valence-corrected chi connectivity index (χ4v) is 2.99. The number of amides is 3. The van der Waals surface area contributed by atoms with E-state index in [4.69, 9.17) is 9.47 Å². The molecule has 0 bridgehead atoms. The van der Waals surface area contributed by atoms with Crippen LogP contribution in [0.3, 0.4) is 0 Å². The number of hydrogen-bond acceptors (Lipinski definition) is 4. The maximum Gasteiger partial charge on any atom is 0.321 e. The summed E-state index contributed by atoms with van der Waals surface area (Å²) in [6.45, 7) is 1.25. The molecule has 0 radical (unpaired) electrons. The van der Waals surface area contributed by atoms with Crippen LogP contribution in [0.25, 0.3) is 0 Å². The highest BCUT2D eigenvalue weighted by Gasteiger charge is 2.21. The van der Waals surface area contributed by atoms with Gasteiger partial charge in [0.15, 0.2) is 11.5 Å². The van der Waals surface area contributed by atoms with Gasteiger partial charge in [-0.05, 0) is 42.3 Å². The van der Waals surface area contributed by atoms with Crippen molar-refractivity contribution >= 4 is 23.3 Å². The van der Waals surface area contributed by atoms with Crippen LogP contribution in [0.2, 0.25) is 0 Å². The highest BCUT2D eigenvalue weighted by molar-refractivity contribution is 5.96. The van der Waals surface area contributed by atoms with Crippen molar-refractivity contribution in [2.45, 2.75) is 12.8 Å². The Hall–Kier alpha value is -3.22. The van der Waals surface area contributed by atoms with E-state index in [1.807, 2.05) is 36.4 Å². The van der Waals surface area contributed by atoms with E-state index in [0.29, 0.717) is 43.1 Å². The fraction of sp³-hybridized carbons (Fsp3) is 0.300. The molecule has 7 heteroatoms. The number of carbonyl (C=O) groups is 2. The number of aryl methyl sites for hydroxylation is 1. The average Bonchev–Trinajstić information content (AvgIpc) is 3.12. The minimum atomic E-state index is -0.119. The van der Waals surface area contributed by atoms with Crippen molar-refractivity contribution in [1.29, 1.82) is 0 Å². The zero-order chi connectivity index (χ0) is 19.2. The molecule has 7 nitrogen and oxygen atoms in total. The standard InChI is InChI=1S/C20H23N3O4/c1-26-17-8-6-14(12-18(17)27-2)7-9-19(24)22-15-4-3-5-16(13-15)23-11-10-21-20(23)25/h3-6,8,12-13H,7,9-11H2,1-2H3,(H,21,25)(H,22,24). The molecule has 142 valence electrons. The molecule has 1 saturated heterocycles. The lowest BCUT2D eigenvalue weighted by Crippen LogP contribution is -2.27. The van der Waals surface area contributed by atoms with Gasteiger partial charge in [0.2, 0.25) is 5.91 Å². The van der Waals surface area contributed by atoms with Crippen LogP contribution in [0.4, 0.5) is 16.2 Å². The molecule has 0 aliphatic carbocycles. The normalized spacial score (nSPS) is 13.3. The van der Waals surface area contributed by atoms with E-state index in [1.54, 1.807) is 25.2 Å². The molecule has 0 spiro atoms. The van der Waals surface area contributed by atoms with E-state index >= 15 is 0 Å². The number of rotatable bonds is 7. The van der Waals surface area contributed by atoms with Crippen molar-refractivity contribution < 1.29 is 19.1 Å². The van der Waals surface area contributed by atoms with Gasteiger partial charge in [-0.1, -0.05) is 12.1 Å². The van der Waals surface area contributed by atoms with E-state index in [-0.39, 0.29) is 11.9 Å². The summed E-state index contributed by atoms with van der Waals surface area (Å²) in [4.78, 5) is 25.7. The summed E-state index contributed by atoms with van der Waals surface area (Å²) in [6.07, 6.45) is 0.921. The van der Waals surface area contributed by atoms with Gasteiger partial charge >= 0.3 is 6.03 Å². The largest absolute Gasteiger partial charge is 0.493 e. The van der Waals surface area contributed by atoms with Crippen molar-refractivity contribution in [3.63, 3.8) is 0 Å². The minimum absolute atomic E-state index is 0.0900. The molecule has 27 heavy (non-hydrogen) atoms. The van der Waals surface area contributed by atoms with Gasteiger partial charge < -0.3 is 20.1 Å². The first-order valence-corrected chi connectivity index (χ1v) is 8.77. The Morgan fingerprint density at radius 2 is 1.96 bits per heavy atom. The second-order valence-corrected chi connectivity index (χ2v) is 6.17. The topological polar surface area (TPSA) is 79.9 Å². The summed E-state index contributed by atoms with van der Waals surface area (Å²) >= 11 is 0. The second-order valence-electron chi connectivity index (χ2n) is 6.17. The van der Waals surface area contributed by atoms with Crippen molar-refractivity contribution in [1.82, 2.24) is 5.32 Å². The first kappa shape index (κ1) is 18.6. The average molecular weight is 369 g/mol. The molecule has 0 atom stereocenters. The van der Waals surface area contributed by atoms with Crippen LogP contribution in [0.1, 0.15) is 12.0 Å². The van der Waals surface area contributed by atoms with Crippen molar-refractivity contribution in [2.24, 2.45) is 0 Å². The Bertz CT molecular complexity index is 838. The van der Waals surface area contributed by atoms with Crippen molar-refractivity contribution in [3.8, 4) is 11.5 Å². The van der Waals surface area contributed by atoms with Gasteiger partial charge in [-0.25, -0.2) is 4.79 Å². The van der Waals surface area contributed by atoms with Crippen LogP contribution >= 0.6 is 0 Å². The third-order valence-electron chi connectivity index (χ3n) is 4.39. The summed E-state index contributed by atoms with van der Waals surface area (Å²) in [5.74, 6) is 1.22. The van der Waals surface area contributed by atoms with Gasteiger partial charge in [0.1, 0.15) is 0 Å². The van der Waals surface area contributed by atoms with Gasteiger partial charge in [0.05, 0.1) is 14.2 Å². The van der Waals surface area contributed by atoms with E-state index < -0.39 is 0 Å². The quantitative estimate of drug-likeness (QED) is 0.787. The number of hydrogen-bond donors (Lipinski definition) is 2. The number of nitrogens with one attached hydrogen (secondary N) is 2. The van der Waals surface area contributed by atoms with Crippen molar-refractivity contribution in [2.75, 3.05) is 37.5 Å². The van der Waals surface area contributed by atoms with Crippen LogP contribution in [0.5, 0.6) is 11.5 Å². The summed E-state index contributed by atoms with van der Waals surface area (Å²) in [5.41, 5.74) is 2.43. The molecule has 0 saturated carbocycles. The van der Waals surface area contributed by atoms with Gasteiger partial charge in [0.25, 0.3) is 0 Å². The molecular weight excluding hydrogens is 346 g/mol. The molecule has 1 aliphatic heterocycles. The maximum absolute atomic E-state index is 12.3. The van der Waals surface area contributed by atoms with Crippen LogP contribution < -0.4 is 25.0 Å². The first-order chi connectivity index (χ1) is 13.1. The smallest absolute Gasteiger partial charge is 0.321 e. The summed E-state index contributed by atoms with van der Waals surface area (Å²) in [7, 11) is 3.17. The van der Waals surface area contributed by atoms with Crippen molar-refractivity contribution in [3.05, 3.63) is 48.0 Å². The Balaban J connectivity index is 1.59.